The van der Waals surface area contributed by atoms with Crippen LogP contribution >= 0.6 is 23.8 Å². The molecule has 0 unspecified atom stereocenters. The minimum Gasteiger partial charge on any atom is -0.301 e. The van der Waals surface area contributed by atoms with Crippen molar-refractivity contribution in [2.75, 3.05) is 0 Å². The summed E-state index contributed by atoms with van der Waals surface area (Å²) in [7, 11) is 0. The van der Waals surface area contributed by atoms with Crippen LogP contribution in [0.5, 0.6) is 0 Å². The van der Waals surface area contributed by atoms with Gasteiger partial charge in [-0.25, -0.2) is 0 Å². The van der Waals surface area contributed by atoms with Gasteiger partial charge in [0.1, 0.15) is 4.64 Å². The van der Waals surface area contributed by atoms with E-state index in [-0.39, 0.29) is 5.41 Å². The molecule has 0 fully saturated rings. The Bertz CT molecular complexity index is 605. The molecule has 0 aliphatic heterocycles. The fourth-order valence-corrected chi connectivity index (χ4v) is 2.19. The predicted octanol–water partition coefficient (Wildman–Crippen LogP) is 4.54. The third-order valence-electron chi connectivity index (χ3n) is 2.83. The predicted molar refractivity (Wildman–Crippen MR) is 78.9 cm³/mol. The zero-order chi connectivity index (χ0) is 13.3. The summed E-state index contributed by atoms with van der Waals surface area (Å²) in [4.78, 5) is 0. The molecule has 0 atom stereocenters. The Morgan fingerprint density at radius 3 is 2.56 bits per heavy atom. The number of hydrogen-bond acceptors (Lipinski definition) is 1. The van der Waals surface area contributed by atoms with E-state index in [1.54, 1.807) is 0 Å². The molecule has 2 aromatic rings. The summed E-state index contributed by atoms with van der Waals surface area (Å²) in [6.45, 7) is 7.21. The van der Waals surface area contributed by atoms with Crippen LogP contribution in [0.15, 0.2) is 30.3 Å². The highest BCUT2D eigenvalue weighted by atomic mass is 35.5. The van der Waals surface area contributed by atoms with E-state index in [1.807, 2.05) is 35.0 Å². The molecule has 1 N–H and O–H groups in total. The molecule has 0 spiro atoms. The molecule has 0 aliphatic carbocycles. The minimum atomic E-state index is 0.0765. The van der Waals surface area contributed by atoms with Crippen molar-refractivity contribution in [2.45, 2.75) is 32.7 Å². The zero-order valence-electron chi connectivity index (χ0n) is 10.8. The second-order valence-electron chi connectivity index (χ2n) is 5.47. The van der Waals surface area contributed by atoms with Crippen LogP contribution in [0.25, 0.3) is 0 Å². The van der Waals surface area contributed by atoms with Crippen molar-refractivity contribution in [3.05, 3.63) is 51.3 Å². The van der Waals surface area contributed by atoms with E-state index in [9.17, 15) is 0 Å². The first-order valence-electron chi connectivity index (χ1n) is 5.91. The lowest BCUT2D eigenvalue weighted by molar-refractivity contribution is 0.544. The smallest absolute Gasteiger partial charge is 0.122 e. The molecule has 4 heteroatoms. The lowest BCUT2D eigenvalue weighted by Crippen LogP contribution is -2.13. The third-order valence-corrected chi connectivity index (χ3v) is 3.40. The Hall–Kier alpha value is -1.06. The molecule has 18 heavy (non-hydrogen) atoms. The van der Waals surface area contributed by atoms with Gasteiger partial charge in [0, 0.05) is 16.1 Å². The molecule has 96 valence electrons. The van der Waals surface area contributed by atoms with Gasteiger partial charge in [-0.05, 0) is 23.8 Å². The number of rotatable bonds is 2. The van der Waals surface area contributed by atoms with Crippen molar-refractivity contribution in [1.29, 1.82) is 0 Å². The Kier molecular flexibility index (Phi) is 3.64. The standard InChI is InChI=1S/C14H17ClN2S/c1-14(2,3)12-8-13(18)17(16-12)9-10-5-4-6-11(15)7-10/h4-8,16H,9H2,1-3H3. The quantitative estimate of drug-likeness (QED) is 0.801. The van der Waals surface area contributed by atoms with Crippen molar-refractivity contribution < 1.29 is 0 Å². The van der Waals surface area contributed by atoms with Gasteiger partial charge < -0.3 is 5.10 Å². The molecular weight excluding hydrogens is 264 g/mol. The van der Waals surface area contributed by atoms with Gasteiger partial charge in [-0.1, -0.05) is 56.7 Å². The molecule has 2 rings (SSSR count). The Morgan fingerprint density at radius 1 is 1.28 bits per heavy atom. The van der Waals surface area contributed by atoms with E-state index in [1.165, 1.54) is 0 Å². The van der Waals surface area contributed by atoms with Gasteiger partial charge in [0.15, 0.2) is 0 Å². The third kappa shape index (κ3) is 3.03. The van der Waals surface area contributed by atoms with Crippen LogP contribution in [-0.2, 0) is 12.0 Å². The van der Waals surface area contributed by atoms with Gasteiger partial charge in [0.2, 0.25) is 0 Å². The van der Waals surface area contributed by atoms with E-state index in [2.05, 4.69) is 25.9 Å². The summed E-state index contributed by atoms with van der Waals surface area (Å²) >= 11 is 11.4. The van der Waals surface area contributed by atoms with Gasteiger partial charge in [-0.15, -0.1) is 0 Å². The topological polar surface area (TPSA) is 20.7 Å². The molecule has 0 saturated carbocycles. The number of aromatic nitrogens is 2. The van der Waals surface area contributed by atoms with Crippen molar-refractivity contribution in [1.82, 2.24) is 9.78 Å². The number of hydrogen-bond donors (Lipinski definition) is 1. The Balaban J connectivity index is 2.30. The van der Waals surface area contributed by atoms with Crippen molar-refractivity contribution in [3.8, 4) is 0 Å². The Labute approximate surface area is 118 Å². The average molecular weight is 281 g/mol. The minimum absolute atomic E-state index is 0.0765. The van der Waals surface area contributed by atoms with E-state index in [0.717, 1.165) is 27.5 Å². The molecular formula is C14H17ClN2S. The van der Waals surface area contributed by atoms with Crippen molar-refractivity contribution in [2.24, 2.45) is 0 Å². The van der Waals surface area contributed by atoms with Gasteiger partial charge >= 0.3 is 0 Å². The SMILES string of the molecule is CC(C)(C)c1cc(=S)n(Cc2cccc(Cl)c2)[nH]1. The molecule has 1 heterocycles. The first-order valence-corrected chi connectivity index (χ1v) is 6.70. The van der Waals surface area contributed by atoms with Crippen LogP contribution in [-0.4, -0.2) is 9.78 Å². The lowest BCUT2D eigenvalue weighted by Gasteiger charge is -2.15. The summed E-state index contributed by atoms with van der Waals surface area (Å²) in [5.74, 6) is 0. The van der Waals surface area contributed by atoms with Crippen molar-refractivity contribution in [3.63, 3.8) is 0 Å². The fourth-order valence-electron chi connectivity index (χ4n) is 1.75. The van der Waals surface area contributed by atoms with Gasteiger partial charge in [-0.2, -0.15) is 0 Å². The van der Waals surface area contributed by atoms with Crippen LogP contribution in [0.3, 0.4) is 0 Å². The molecule has 2 nitrogen and oxygen atoms in total. The van der Waals surface area contributed by atoms with E-state index >= 15 is 0 Å². The molecule has 1 aromatic carbocycles. The second-order valence-corrected chi connectivity index (χ2v) is 6.33. The summed E-state index contributed by atoms with van der Waals surface area (Å²) in [6, 6.07) is 9.86. The van der Waals surface area contributed by atoms with Gasteiger partial charge in [0.05, 0.1) is 6.54 Å². The molecule has 0 amide bonds. The molecule has 0 saturated heterocycles. The Morgan fingerprint density at radius 2 is 2.00 bits per heavy atom. The van der Waals surface area contributed by atoms with E-state index < -0.39 is 0 Å². The zero-order valence-corrected chi connectivity index (χ0v) is 12.4. The summed E-state index contributed by atoms with van der Waals surface area (Å²) in [5.41, 5.74) is 2.36. The number of aromatic amines is 1. The van der Waals surface area contributed by atoms with Crippen LogP contribution in [0.2, 0.25) is 5.02 Å². The number of halogens is 1. The molecule has 0 radical (unpaired) electrons. The highest BCUT2D eigenvalue weighted by Gasteiger charge is 2.16. The number of nitrogens with zero attached hydrogens (tertiary/aromatic N) is 1. The summed E-state index contributed by atoms with van der Waals surface area (Å²) < 4.78 is 2.79. The van der Waals surface area contributed by atoms with Gasteiger partial charge in [-0.3, -0.25) is 4.68 Å². The largest absolute Gasteiger partial charge is 0.301 e. The number of benzene rings is 1. The first-order chi connectivity index (χ1) is 8.36. The average Bonchev–Trinajstić information content (AvgIpc) is 2.60. The maximum Gasteiger partial charge on any atom is 0.122 e. The van der Waals surface area contributed by atoms with Crippen LogP contribution in [0.4, 0.5) is 0 Å². The van der Waals surface area contributed by atoms with Crippen LogP contribution < -0.4 is 0 Å². The normalized spacial score (nSPS) is 11.8. The monoisotopic (exact) mass is 280 g/mol. The molecule has 0 bridgehead atoms. The summed E-state index contributed by atoms with van der Waals surface area (Å²) in [5, 5.41) is 4.11. The van der Waals surface area contributed by atoms with Gasteiger partial charge in [0.25, 0.3) is 0 Å². The van der Waals surface area contributed by atoms with Crippen LogP contribution in [0.1, 0.15) is 32.0 Å². The maximum atomic E-state index is 5.98. The second kappa shape index (κ2) is 4.90. The maximum absolute atomic E-state index is 5.98. The highest BCUT2D eigenvalue weighted by molar-refractivity contribution is 7.71. The van der Waals surface area contributed by atoms with E-state index in [0.29, 0.717) is 0 Å². The molecule has 0 aliphatic rings. The lowest BCUT2D eigenvalue weighted by atomic mass is 9.93. The fraction of sp³-hybridized carbons (Fsp3) is 0.357. The number of H-pyrrole nitrogens is 1. The summed E-state index contributed by atoms with van der Waals surface area (Å²) in [6.07, 6.45) is 0. The first kappa shape index (κ1) is 13.4. The number of nitrogens with one attached hydrogen (secondary N) is 1. The van der Waals surface area contributed by atoms with Crippen molar-refractivity contribution >= 4 is 23.8 Å². The molecule has 1 aromatic heterocycles. The van der Waals surface area contributed by atoms with E-state index in [4.69, 9.17) is 23.8 Å². The highest BCUT2D eigenvalue weighted by Crippen LogP contribution is 2.21. The van der Waals surface area contributed by atoms with Crippen LogP contribution in [0, 0.1) is 4.64 Å².